The van der Waals surface area contributed by atoms with Crippen LogP contribution in [0.2, 0.25) is 0 Å². The van der Waals surface area contributed by atoms with E-state index in [9.17, 15) is 5.11 Å². The van der Waals surface area contributed by atoms with E-state index < -0.39 is 0 Å². The van der Waals surface area contributed by atoms with E-state index in [4.69, 9.17) is 0 Å². The average molecular weight is 247 g/mol. The molecule has 3 heteroatoms. The topological polar surface area (TPSA) is 33.1 Å². The van der Waals surface area contributed by atoms with Gasteiger partial charge in [-0.15, -0.1) is 11.3 Å². The van der Waals surface area contributed by atoms with Crippen LogP contribution >= 0.6 is 11.3 Å². The summed E-state index contributed by atoms with van der Waals surface area (Å²) in [7, 11) is 0. The quantitative estimate of drug-likeness (QED) is 0.880. The van der Waals surface area contributed by atoms with Crippen molar-refractivity contribution in [1.29, 1.82) is 0 Å². The highest BCUT2D eigenvalue weighted by Gasteiger charge is 2.12. The van der Waals surface area contributed by atoms with E-state index in [2.05, 4.69) is 37.9 Å². The van der Waals surface area contributed by atoms with Gasteiger partial charge in [0.15, 0.2) is 0 Å². The van der Waals surface area contributed by atoms with Crippen LogP contribution in [0.25, 0.3) is 10.6 Å². The zero-order valence-corrected chi connectivity index (χ0v) is 11.5. The molecule has 1 N–H and O–H groups in total. The molecule has 0 amide bonds. The Morgan fingerprint density at radius 1 is 1.12 bits per heavy atom. The first-order valence-corrected chi connectivity index (χ1v) is 6.50. The van der Waals surface area contributed by atoms with Crippen molar-refractivity contribution in [3.05, 3.63) is 39.4 Å². The maximum atomic E-state index is 9.22. The van der Waals surface area contributed by atoms with Crippen molar-refractivity contribution in [3.63, 3.8) is 0 Å². The molecule has 0 spiro atoms. The summed E-state index contributed by atoms with van der Waals surface area (Å²) in [5, 5.41) is 10.2. The highest BCUT2D eigenvalue weighted by Crippen LogP contribution is 2.32. The van der Waals surface area contributed by atoms with Crippen LogP contribution in [0.5, 0.6) is 0 Å². The summed E-state index contributed by atoms with van der Waals surface area (Å²) in [4.78, 5) is 5.50. The number of thiazole rings is 1. The lowest BCUT2D eigenvalue weighted by Crippen LogP contribution is -1.90. The molecular formula is C14H17NOS. The fraction of sp³-hybridized carbons (Fsp3) is 0.357. The van der Waals surface area contributed by atoms with Crippen molar-refractivity contribution in [2.24, 2.45) is 0 Å². The minimum atomic E-state index is 0.0768. The molecule has 1 aromatic carbocycles. The van der Waals surface area contributed by atoms with Gasteiger partial charge in [-0.1, -0.05) is 12.1 Å². The molecule has 2 rings (SSSR count). The largest absolute Gasteiger partial charge is 0.391 e. The molecule has 0 radical (unpaired) electrons. The first kappa shape index (κ1) is 12.3. The summed E-state index contributed by atoms with van der Waals surface area (Å²) < 4.78 is 0. The monoisotopic (exact) mass is 247 g/mol. The molecule has 0 bridgehead atoms. The molecule has 0 saturated heterocycles. The Hall–Kier alpha value is -1.19. The molecule has 1 heterocycles. The number of nitrogens with zero attached hydrogens (tertiary/aromatic N) is 1. The second-order valence-corrected chi connectivity index (χ2v) is 5.45. The number of benzene rings is 1. The van der Waals surface area contributed by atoms with Gasteiger partial charge in [0, 0.05) is 5.56 Å². The van der Waals surface area contributed by atoms with Crippen molar-refractivity contribution in [3.8, 4) is 10.6 Å². The van der Waals surface area contributed by atoms with Gasteiger partial charge in [0.05, 0.1) is 17.2 Å². The van der Waals surface area contributed by atoms with E-state index in [1.807, 2.05) is 6.92 Å². The lowest BCUT2D eigenvalue weighted by atomic mass is 9.99. The highest BCUT2D eigenvalue weighted by atomic mass is 32.1. The Bertz CT molecular complexity index is 558. The molecule has 2 nitrogen and oxygen atoms in total. The zero-order valence-electron chi connectivity index (χ0n) is 10.7. The van der Waals surface area contributed by atoms with Crippen molar-refractivity contribution < 1.29 is 5.11 Å². The van der Waals surface area contributed by atoms with Gasteiger partial charge < -0.3 is 5.11 Å². The Kier molecular flexibility index (Phi) is 3.31. The number of aryl methyl sites for hydroxylation is 2. The molecule has 0 saturated carbocycles. The van der Waals surface area contributed by atoms with Gasteiger partial charge in [0.2, 0.25) is 0 Å². The number of aromatic nitrogens is 1. The number of rotatable bonds is 2. The summed E-state index contributed by atoms with van der Waals surface area (Å²) >= 11 is 1.58. The summed E-state index contributed by atoms with van der Waals surface area (Å²) in [5.74, 6) is 0. The van der Waals surface area contributed by atoms with Crippen LogP contribution in [0.4, 0.5) is 0 Å². The van der Waals surface area contributed by atoms with E-state index in [0.29, 0.717) is 0 Å². The SMILES string of the molecule is Cc1ccc(-c2nc(C)c(CO)s2)c(C)c1C. The van der Waals surface area contributed by atoms with Crippen LogP contribution in [0.3, 0.4) is 0 Å². The van der Waals surface area contributed by atoms with Gasteiger partial charge in [-0.25, -0.2) is 4.98 Å². The second kappa shape index (κ2) is 4.59. The van der Waals surface area contributed by atoms with Crippen molar-refractivity contribution >= 4 is 11.3 Å². The van der Waals surface area contributed by atoms with Gasteiger partial charge >= 0.3 is 0 Å². The maximum Gasteiger partial charge on any atom is 0.124 e. The van der Waals surface area contributed by atoms with Crippen LogP contribution in [0, 0.1) is 27.7 Å². The molecule has 0 aliphatic carbocycles. The van der Waals surface area contributed by atoms with Gasteiger partial charge in [-0.2, -0.15) is 0 Å². The van der Waals surface area contributed by atoms with E-state index in [-0.39, 0.29) is 6.61 Å². The Morgan fingerprint density at radius 2 is 1.82 bits per heavy atom. The van der Waals surface area contributed by atoms with E-state index in [1.165, 1.54) is 22.3 Å². The molecule has 2 aromatic rings. The molecule has 1 aromatic heterocycles. The van der Waals surface area contributed by atoms with Crippen molar-refractivity contribution in [1.82, 2.24) is 4.98 Å². The van der Waals surface area contributed by atoms with Crippen LogP contribution < -0.4 is 0 Å². The number of hydrogen-bond donors (Lipinski definition) is 1. The van der Waals surface area contributed by atoms with Gasteiger partial charge in [0.1, 0.15) is 5.01 Å². The normalized spacial score (nSPS) is 10.9. The summed E-state index contributed by atoms with van der Waals surface area (Å²) in [6, 6.07) is 4.25. The minimum absolute atomic E-state index is 0.0768. The fourth-order valence-electron chi connectivity index (χ4n) is 1.88. The van der Waals surface area contributed by atoms with Gasteiger partial charge in [-0.3, -0.25) is 0 Å². The van der Waals surface area contributed by atoms with Crippen LogP contribution in [0.15, 0.2) is 12.1 Å². The second-order valence-electron chi connectivity index (χ2n) is 4.37. The molecule has 0 unspecified atom stereocenters. The van der Waals surface area contributed by atoms with E-state index in [0.717, 1.165) is 15.6 Å². The Labute approximate surface area is 106 Å². The van der Waals surface area contributed by atoms with E-state index in [1.54, 1.807) is 11.3 Å². The third-order valence-electron chi connectivity index (χ3n) is 3.32. The molecule has 0 fully saturated rings. The summed E-state index contributed by atoms with van der Waals surface area (Å²) in [5.41, 5.74) is 6.03. The smallest absolute Gasteiger partial charge is 0.124 e. The van der Waals surface area contributed by atoms with Gasteiger partial charge in [0.25, 0.3) is 0 Å². The first-order chi connectivity index (χ1) is 8.04. The minimum Gasteiger partial charge on any atom is -0.391 e. The lowest BCUT2D eigenvalue weighted by Gasteiger charge is -2.08. The van der Waals surface area contributed by atoms with Crippen LogP contribution in [-0.4, -0.2) is 10.1 Å². The molecule has 0 aliphatic rings. The zero-order chi connectivity index (χ0) is 12.6. The summed E-state index contributed by atoms with van der Waals surface area (Å²) in [6.07, 6.45) is 0. The number of aliphatic hydroxyl groups excluding tert-OH is 1. The fourth-order valence-corrected chi connectivity index (χ4v) is 2.88. The van der Waals surface area contributed by atoms with Crippen LogP contribution in [-0.2, 0) is 6.61 Å². The molecule has 0 aliphatic heterocycles. The summed E-state index contributed by atoms with van der Waals surface area (Å²) in [6.45, 7) is 8.42. The predicted octanol–water partition coefficient (Wildman–Crippen LogP) is 3.54. The highest BCUT2D eigenvalue weighted by molar-refractivity contribution is 7.15. The molecule has 17 heavy (non-hydrogen) atoms. The Morgan fingerprint density at radius 3 is 2.41 bits per heavy atom. The predicted molar refractivity (Wildman–Crippen MR) is 72.4 cm³/mol. The van der Waals surface area contributed by atoms with Crippen molar-refractivity contribution in [2.45, 2.75) is 34.3 Å². The first-order valence-electron chi connectivity index (χ1n) is 5.69. The van der Waals surface area contributed by atoms with Gasteiger partial charge in [-0.05, 0) is 44.4 Å². The number of aliphatic hydroxyl groups is 1. The molecule has 90 valence electrons. The molecular weight excluding hydrogens is 230 g/mol. The third-order valence-corrected chi connectivity index (χ3v) is 4.50. The Balaban J connectivity index is 2.57. The van der Waals surface area contributed by atoms with E-state index >= 15 is 0 Å². The standard InChI is InChI=1S/C14H17NOS/c1-8-5-6-12(10(3)9(8)2)14-15-11(4)13(7-16)17-14/h5-6,16H,7H2,1-4H3. The van der Waals surface area contributed by atoms with Crippen molar-refractivity contribution in [2.75, 3.05) is 0 Å². The number of hydrogen-bond acceptors (Lipinski definition) is 3. The maximum absolute atomic E-state index is 9.22. The van der Waals surface area contributed by atoms with Crippen LogP contribution in [0.1, 0.15) is 27.3 Å². The third kappa shape index (κ3) is 2.13. The lowest BCUT2D eigenvalue weighted by molar-refractivity contribution is 0.284. The average Bonchev–Trinajstić information content (AvgIpc) is 2.67. The molecule has 0 atom stereocenters.